The second-order valence-electron chi connectivity index (χ2n) is 6.28. The number of hydrogen-bond donors (Lipinski definition) is 2. The Morgan fingerprint density at radius 1 is 1.08 bits per heavy atom. The number of aromatic nitrogens is 3. The number of fused-ring (bicyclic) bond motifs is 1. The molecule has 7 heteroatoms. The number of hydrogen-bond acceptors (Lipinski definition) is 5. The molecule has 3 aromatic rings. The van der Waals surface area contributed by atoms with Crippen molar-refractivity contribution in [2.45, 2.75) is 30.3 Å². The lowest BCUT2D eigenvalue weighted by Crippen LogP contribution is -2.41. The van der Waals surface area contributed by atoms with E-state index in [2.05, 4.69) is 52.1 Å². The largest absolute Gasteiger partial charge is 0.325 e. The van der Waals surface area contributed by atoms with Crippen LogP contribution in [0, 0.1) is 13.8 Å². The number of anilines is 1. The summed E-state index contributed by atoms with van der Waals surface area (Å²) in [5, 5.41) is 11.6. The Labute approximate surface area is 156 Å². The average Bonchev–Trinajstić information content (AvgIpc) is 3.02. The standard InChI is InChI=1S/C19H19N5OS/c1-12-8-10-14(11-9-12)16-17(18(25)20-15-6-4-3-5-7-15)26-19-22-21-13(2)24(19)23-16/h3-11,16-17,23H,1-2H3,(H,20,25)/t16-,17-/m1/s1. The normalized spacial score (nSPS) is 18.7. The van der Waals surface area contributed by atoms with E-state index in [1.807, 2.05) is 41.9 Å². The Kier molecular flexibility index (Phi) is 4.38. The van der Waals surface area contributed by atoms with Gasteiger partial charge in [0.1, 0.15) is 11.1 Å². The van der Waals surface area contributed by atoms with E-state index < -0.39 is 0 Å². The van der Waals surface area contributed by atoms with E-state index in [1.165, 1.54) is 17.3 Å². The van der Waals surface area contributed by atoms with Gasteiger partial charge < -0.3 is 10.7 Å². The number of para-hydroxylation sites is 1. The Morgan fingerprint density at radius 3 is 2.54 bits per heavy atom. The third-order valence-corrected chi connectivity index (χ3v) is 5.55. The first-order valence-electron chi connectivity index (χ1n) is 8.39. The smallest absolute Gasteiger partial charge is 0.240 e. The Hall–Kier alpha value is -2.80. The van der Waals surface area contributed by atoms with Crippen molar-refractivity contribution in [3.05, 3.63) is 71.5 Å². The van der Waals surface area contributed by atoms with Gasteiger partial charge in [-0.1, -0.05) is 59.8 Å². The number of aryl methyl sites for hydroxylation is 2. The SMILES string of the molecule is Cc1ccc([C@H]2Nn3c(C)nnc3S[C@H]2C(=O)Nc2ccccc2)cc1. The van der Waals surface area contributed by atoms with Crippen molar-refractivity contribution >= 4 is 23.4 Å². The number of benzene rings is 2. The fourth-order valence-corrected chi connectivity index (χ4v) is 4.04. The first-order chi connectivity index (χ1) is 12.6. The van der Waals surface area contributed by atoms with E-state index in [0.717, 1.165) is 17.1 Å². The third-order valence-electron chi connectivity index (χ3n) is 4.33. The molecule has 2 atom stereocenters. The lowest BCUT2D eigenvalue weighted by Gasteiger charge is -2.32. The third kappa shape index (κ3) is 3.17. The van der Waals surface area contributed by atoms with Gasteiger partial charge in [-0.05, 0) is 31.5 Å². The molecule has 2 heterocycles. The zero-order valence-electron chi connectivity index (χ0n) is 14.5. The second-order valence-corrected chi connectivity index (χ2v) is 7.39. The first kappa shape index (κ1) is 16.7. The highest BCUT2D eigenvalue weighted by atomic mass is 32.2. The number of nitrogens with one attached hydrogen (secondary N) is 2. The summed E-state index contributed by atoms with van der Waals surface area (Å²) < 4.78 is 1.85. The van der Waals surface area contributed by atoms with Crippen molar-refractivity contribution in [3.63, 3.8) is 0 Å². The summed E-state index contributed by atoms with van der Waals surface area (Å²) in [6.45, 7) is 3.94. The van der Waals surface area contributed by atoms with Crippen molar-refractivity contribution in [1.29, 1.82) is 0 Å². The van der Waals surface area contributed by atoms with Crippen molar-refractivity contribution < 1.29 is 4.79 Å². The molecular formula is C19H19N5OS. The molecule has 26 heavy (non-hydrogen) atoms. The lowest BCUT2D eigenvalue weighted by atomic mass is 10.0. The van der Waals surface area contributed by atoms with Gasteiger partial charge in [-0.3, -0.25) is 4.79 Å². The van der Waals surface area contributed by atoms with E-state index in [9.17, 15) is 4.79 Å². The molecule has 0 fully saturated rings. The maximum absolute atomic E-state index is 13.0. The fraction of sp³-hybridized carbons (Fsp3) is 0.211. The molecular weight excluding hydrogens is 346 g/mol. The molecule has 132 valence electrons. The quantitative estimate of drug-likeness (QED) is 0.745. The minimum atomic E-state index is -0.367. The van der Waals surface area contributed by atoms with Crippen LogP contribution in [0.1, 0.15) is 23.0 Å². The Balaban J connectivity index is 1.67. The van der Waals surface area contributed by atoms with Crippen LogP contribution in [0.2, 0.25) is 0 Å². The highest BCUT2D eigenvalue weighted by Gasteiger charge is 2.37. The zero-order chi connectivity index (χ0) is 18.1. The van der Waals surface area contributed by atoms with Crippen LogP contribution in [0.3, 0.4) is 0 Å². The number of amides is 1. The topological polar surface area (TPSA) is 71.8 Å². The van der Waals surface area contributed by atoms with Crippen LogP contribution in [-0.2, 0) is 4.79 Å². The van der Waals surface area contributed by atoms with Gasteiger partial charge in [0.25, 0.3) is 0 Å². The molecule has 0 spiro atoms. The molecule has 0 radical (unpaired) electrons. The van der Waals surface area contributed by atoms with Gasteiger partial charge in [0.15, 0.2) is 0 Å². The molecule has 0 bridgehead atoms. The summed E-state index contributed by atoms with van der Waals surface area (Å²) in [7, 11) is 0. The minimum Gasteiger partial charge on any atom is -0.325 e. The molecule has 0 saturated heterocycles. The van der Waals surface area contributed by atoms with Crippen molar-refractivity contribution in [3.8, 4) is 0 Å². The maximum Gasteiger partial charge on any atom is 0.240 e. The first-order valence-corrected chi connectivity index (χ1v) is 9.27. The number of nitrogens with zero attached hydrogens (tertiary/aromatic N) is 3. The van der Waals surface area contributed by atoms with Gasteiger partial charge in [-0.15, -0.1) is 10.2 Å². The maximum atomic E-state index is 13.0. The molecule has 4 rings (SSSR count). The molecule has 0 saturated carbocycles. The van der Waals surface area contributed by atoms with Gasteiger partial charge in [-0.2, -0.15) is 0 Å². The molecule has 0 unspecified atom stereocenters. The number of carbonyl (C=O) groups excluding carboxylic acids is 1. The second kappa shape index (κ2) is 6.84. The molecule has 2 N–H and O–H groups in total. The molecule has 1 aliphatic rings. The summed E-state index contributed by atoms with van der Waals surface area (Å²) in [4.78, 5) is 13.0. The zero-order valence-corrected chi connectivity index (χ0v) is 15.3. The predicted octanol–water partition coefficient (Wildman–Crippen LogP) is 3.29. The monoisotopic (exact) mass is 365 g/mol. The van der Waals surface area contributed by atoms with Crippen molar-refractivity contribution in [1.82, 2.24) is 14.9 Å². The number of thioether (sulfide) groups is 1. The van der Waals surface area contributed by atoms with E-state index in [1.54, 1.807) is 0 Å². The highest BCUT2D eigenvalue weighted by molar-refractivity contribution is 8.00. The van der Waals surface area contributed by atoms with E-state index in [-0.39, 0.29) is 17.2 Å². The van der Waals surface area contributed by atoms with Gasteiger partial charge in [-0.25, -0.2) is 4.68 Å². The van der Waals surface area contributed by atoms with Gasteiger partial charge in [0.05, 0.1) is 6.04 Å². The number of carbonyl (C=O) groups is 1. The lowest BCUT2D eigenvalue weighted by molar-refractivity contribution is -0.116. The molecule has 1 aliphatic heterocycles. The van der Waals surface area contributed by atoms with Crippen LogP contribution in [0.5, 0.6) is 0 Å². The van der Waals surface area contributed by atoms with Gasteiger partial charge >= 0.3 is 0 Å². The fourth-order valence-electron chi connectivity index (χ4n) is 2.92. The Bertz CT molecular complexity index is 923. The molecule has 6 nitrogen and oxygen atoms in total. The van der Waals surface area contributed by atoms with Crippen LogP contribution < -0.4 is 10.7 Å². The summed E-state index contributed by atoms with van der Waals surface area (Å²) in [6, 6.07) is 17.5. The van der Waals surface area contributed by atoms with E-state index >= 15 is 0 Å². The van der Waals surface area contributed by atoms with Crippen LogP contribution in [-0.4, -0.2) is 26.0 Å². The predicted molar refractivity (Wildman–Crippen MR) is 103 cm³/mol. The van der Waals surface area contributed by atoms with Gasteiger partial charge in [0, 0.05) is 5.69 Å². The van der Waals surface area contributed by atoms with Crippen molar-refractivity contribution in [2.24, 2.45) is 0 Å². The summed E-state index contributed by atoms with van der Waals surface area (Å²) >= 11 is 1.43. The van der Waals surface area contributed by atoms with Crippen LogP contribution >= 0.6 is 11.8 Å². The van der Waals surface area contributed by atoms with Gasteiger partial charge in [0.2, 0.25) is 11.1 Å². The average molecular weight is 365 g/mol. The summed E-state index contributed by atoms with van der Waals surface area (Å²) in [5.41, 5.74) is 6.42. The molecule has 0 aliphatic carbocycles. The molecule has 1 aromatic heterocycles. The minimum absolute atomic E-state index is 0.0637. The number of rotatable bonds is 3. The van der Waals surface area contributed by atoms with Crippen LogP contribution in [0.4, 0.5) is 5.69 Å². The van der Waals surface area contributed by atoms with Crippen LogP contribution in [0.25, 0.3) is 0 Å². The summed E-state index contributed by atoms with van der Waals surface area (Å²) in [5.74, 6) is 0.706. The molecule has 2 aromatic carbocycles. The molecule has 1 amide bonds. The van der Waals surface area contributed by atoms with E-state index in [4.69, 9.17) is 0 Å². The Morgan fingerprint density at radius 2 is 1.81 bits per heavy atom. The summed E-state index contributed by atoms with van der Waals surface area (Å²) in [6.07, 6.45) is 0. The van der Waals surface area contributed by atoms with Crippen LogP contribution in [0.15, 0.2) is 59.8 Å². The van der Waals surface area contributed by atoms with E-state index in [0.29, 0.717) is 5.16 Å². The highest BCUT2D eigenvalue weighted by Crippen LogP contribution is 2.37. The van der Waals surface area contributed by atoms with Crippen molar-refractivity contribution in [2.75, 3.05) is 10.7 Å².